The van der Waals surface area contributed by atoms with E-state index in [2.05, 4.69) is 10.3 Å². The van der Waals surface area contributed by atoms with Gasteiger partial charge in [-0.25, -0.2) is 9.37 Å². The standard InChI is InChI=1S/C21H20ClFN4O3/c1-21(2,3)26-20(29)12-4-7-17(28)27(11-12)13-5-6-15(14(23)10-13)30-16-8-9-25-19(24)18(16)22/h4-11H,1-3H3,(H2,24,25)(H,26,29). The van der Waals surface area contributed by atoms with Crippen LogP contribution in [0.3, 0.4) is 0 Å². The van der Waals surface area contributed by atoms with Crippen LogP contribution in [0, 0.1) is 5.82 Å². The normalized spacial score (nSPS) is 11.2. The van der Waals surface area contributed by atoms with Crippen molar-refractivity contribution in [3.05, 3.63) is 75.5 Å². The Morgan fingerprint density at radius 2 is 1.93 bits per heavy atom. The number of nitrogens with zero attached hydrogens (tertiary/aromatic N) is 2. The Hall–Kier alpha value is -3.39. The Morgan fingerprint density at radius 3 is 2.60 bits per heavy atom. The van der Waals surface area contributed by atoms with Crippen LogP contribution in [0.1, 0.15) is 31.1 Å². The van der Waals surface area contributed by atoms with Gasteiger partial charge in [0.05, 0.1) is 11.3 Å². The molecular formula is C21H20ClFN4O3. The molecule has 3 N–H and O–H groups in total. The van der Waals surface area contributed by atoms with Crippen molar-refractivity contribution in [3.8, 4) is 17.2 Å². The van der Waals surface area contributed by atoms with Gasteiger partial charge in [-0.05, 0) is 39.0 Å². The van der Waals surface area contributed by atoms with Crippen molar-refractivity contribution in [2.75, 3.05) is 5.73 Å². The molecule has 7 nitrogen and oxygen atoms in total. The number of amides is 1. The summed E-state index contributed by atoms with van der Waals surface area (Å²) in [6.07, 6.45) is 2.75. The molecule has 3 aromatic rings. The fraction of sp³-hybridized carbons (Fsp3) is 0.190. The lowest BCUT2D eigenvalue weighted by Gasteiger charge is -2.20. The zero-order valence-electron chi connectivity index (χ0n) is 16.6. The van der Waals surface area contributed by atoms with Crippen LogP contribution >= 0.6 is 11.6 Å². The molecule has 0 saturated heterocycles. The van der Waals surface area contributed by atoms with Crippen molar-refractivity contribution in [1.29, 1.82) is 0 Å². The van der Waals surface area contributed by atoms with Crippen molar-refractivity contribution in [2.24, 2.45) is 0 Å². The van der Waals surface area contributed by atoms with E-state index in [4.69, 9.17) is 22.1 Å². The number of pyridine rings is 2. The Balaban J connectivity index is 1.93. The van der Waals surface area contributed by atoms with Crippen LogP contribution in [0.2, 0.25) is 5.02 Å². The highest BCUT2D eigenvalue weighted by atomic mass is 35.5. The first-order valence-corrected chi connectivity index (χ1v) is 9.36. The lowest BCUT2D eigenvalue weighted by Crippen LogP contribution is -2.41. The average molecular weight is 431 g/mol. The van der Waals surface area contributed by atoms with E-state index in [1.165, 1.54) is 47.3 Å². The molecule has 0 aliphatic heterocycles. The van der Waals surface area contributed by atoms with Gasteiger partial charge in [0.25, 0.3) is 11.5 Å². The van der Waals surface area contributed by atoms with Crippen LogP contribution in [0.15, 0.2) is 53.6 Å². The number of rotatable bonds is 4. The maximum absolute atomic E-state index is 14.7. The number of hydrogen-bond acceptors (Lipinski definition) is 5. The predicted octanol–water partition coefficient (Wildman–Crippen LogP) is 3.93. The predicted molar refractivity (Wildman–Crippen MR) is 113 cm³/mol. The average Bonchev–Trinajstić information content (AvgIpc) is 2.66. The molecule has 0 unspecified atom stereocenters. The zero-order chi connectivity index (χ0) is 22.1. The Bertz CT molecular complexity index is 1170. The van der Waals surface area contributed by atoms with Crippen molar-refractivity contribution in [3.63, 3.8) is 0 Å². The van der Waals surface area contributed by atoms with Crippen molar-refractivity contribution < 1.29 is 13.9 Å². The van der Waals surface area contributed by atoms with Gasteiger partial charge in [0.15, 0.2) is 17.3 Å². The van der Waals surface area contributed by atoms with Crippen LogP contribution in [0.4, 0.5) is 10.2 Å². The molecule has 1 aromatic carbocycles. The monoisotopic (exact) mass is 430 g/mol. The summed E-state index contributed by atoms with van der Waals surface area (Å²) in [6, 6.07) is 8.09. The minimum absolute atomic E-state index is 0.0584. The minimum atomic E-state index is -0.726. The summed E-state index contributed by atoms with van der Waals surface area (Å²) in [4.78, 5) is 28.5. The summed E-state index contributed by atoms with van der Waals surface area (Å²) in [6.45, 7) is 5.53. The second-order valence-electron chi connectivity index (χ2n) is 7.56. The number of halogens is 2. The maximum atomic E-state index is 14.7. The number of benzene rings is 1. The maximum Gasteiger partial charge on any atom is 0.255 e. The SMILES string of the molecule is CC(C)(C)NC(=O)c1ccc(=O)n(-c2ccc(Oc3ccnc(N)c3Cl)c(F)c2)c1. The van der Waals surface area contributed by atoms with Gasteiger partial charge in [0.2, 0.25) is 0 Å². The van der Waals surface area contributed by atoms with Crippen LogP contribution in [-0.2, 0) is 0 Å². The molecule has 156 valence electrons. The molecule has 0 atom stereocenters. The van der Waals surface area contributed by atoms with E-state index in [0.29, 0.717) is 0 Å². The van der Waals surface area contributed by atoms with Gasteiger partial charge in [-0.2, -0.15) is 0 Å². The number of aromatic nitrogens is 2. The smallest absolute Gasteiger partial charge is 0.255 e. The molecule has 0 aliphatic rings. The summed E-state index contributed by atoms with van der Waals surface area (Å²) in [7, 11) is 0. The molecule has 0 bridgehead atoms. The van der Waals surface area contributed by atoms with Gasteiger partial charge in [0, 0.05) is 36.1 Å². The first-order valence-electron chi connectivity index (χ1n) is 8.98. The molecule has 2 aromatic heterocycles. The molecule has 0 spiro atoms. The van der Waals surface area contributed by atoms with Crippen LogP contribution in [0.25, 0.3) is 5.69 Å². The first kappa shape index (κ1) is 21.3. The van der Waals surface area contributed by atoms with E-state index < -0.39 is 16.9 Å². The number of nitrogens with one attached hydrogen (secondary N) is 1. The third kappa shape index (κ3) is 4.77. The van der Waals surface area contributed by atoms with Crippen molar-refractivity contribution in [1.82, 2.24) is 14.9 Å². The van der Waals surface area contributed by atoms with Gasteiger partial charge in [-0.1, -0.05) is 11.6 Å². The summed E-state index contributed by atoms with van der Waals surface area (Å²) < 4.78 is 21.3. The molecule has 3 rings (SSSR count). The van der Waals surface area contributed by atoms with E-state index in [1.54, 1.807) is 0 Å². The third-order valence-corrected chi connectivity index (χ3v) is 4.34. The van der Waals surface area contributed by atoms with Crippen molar-refractivity contribution >= 4 is 23.3 Å². The van der Waals surface area contributed by atoms with Gasteiger partial charge in [-0.15, -0.1) is 0 Å². The van der Waals surface area contributed by atoms with Gasteiger partial charge >= 0.3 is 0 Å². The van der Waals surface area contributed by atoms with Gasteiger partial charge in [-0.3, -0.25) is 14.2 Å². The minimum Gasteiger partial charge on any atom is -0.453 e. The summed E-state index contributed by atoms with van der Waals surface area (Å²) >= 11 is 6.02. The molecule has 9 heteroatoms. The number of carbonyl (C=O) groups excluding carboxylic acids is 1. The van der Waals surface area contributed by atoms with E-state index in [0.717, 1.165) is 6.07 Å². The second kappa shape index (κ2) is 8.16. The Morgan fingerprint density at radius 1 is 1.20 bits per heavy atom. The lowest BCUT2D eigenvalue weighted by atomic mass is 10.1. The van der Waals surface area contributed by atoms with E-state index in [-0.39, 0.29) is 39.5 Å². The molecular weight excluding hydrogens is 411 g/mol. The molecule has 0 aliphatic carbocycles. The number of ether oxygens (including phenoxy) is 1. The molecule has 2 heterocycles. The summed E-state index contributed by atoms with van der Waals surface area (Å²) in [5.74, 6) is -0.977. The summed E-state index contributed by atoms with van der Waals surface area (Å²) in [5, 5.41) is 2.88. The first-order chi connectivity index (χ1) is 14.0. The fourth-order valence-corrected chi connectivity index (χ4v) is 2.75. The largest absolute Gasteiger partial charge is 0.453 e. The Kier molecular flexibility index (Phi) is 5.80. The third-order valence-electron chi connectivity index (χ3n) is 3.96. The molecule has 1 amide bonds. The molecule has 0 fully saturated rings. The number of nitrogen functional groups attached to an aromatic ring is 1. The lowest BCUT2D eigenvalue weighted by molar-refractivity contribution is 0.0919. The van der Waals surface area contributed by atoms with Crippen molar-refractivity contribution in [2.45, 2.75) is 26.3 Å². The molecule has 30 heavy (non-hydrogen) atoms. The number of anilines is 1. The highest BCUT2D eigenvalue weighted by Crippen LogP contribution is 2.33. The number of carbonyl (C=O) groups is 1. The quantitative estimate of drug-likeness (QED) is 0.653. The van der Waals surface area contributed by atoms with Crippen LogP contribution in [0.5, 0.6) is 11.5 Å². The highest BCUT2D eigenvalue weighted by Gasteiger charge is 2.17. The second-order valence-corrected chi connectivity index (χ2v) is 7.93. The molecule has 0 saturated carbocycles. The Labute approximate surface area is 177 Å². The van der Waals surface area contributed by atoms with Crippen LogP contribution in [-0.4, -0.2) is 21.0 Å². The highest BCUT2D eigenvalue weighted by molar-refractivity contribution is 6.34. The topological polar surface area (TPSA) is 99.2 Å². The summed E-state index contributed by atoms with van der Waals surface area (Å²) in [5.41, 5.74) is 5.26. The van der Waals surface area contributed by atoms with E-state index in [1.807, 2.05) is 20.8 Å². The van der Waals surface area contributed by atoms with E-state index >= 15 is 0 Å². The van der Waals surface area contributed by atoms with E-state index in [9.17, 15) is 14.0 Å². The van der Waals surface area contributed by atoms with Gasteiger partial charge < -0.3 is 15.8 Å². The van der Waals surface area contributed by atoms with Gasteiger partial charge in [0.1, 0.15) is 10.8 Å². The number of hydrogen-bond donors (Lipinski definition) is 2. The zero-order valence-corrected chi connectivity index (χ0v) is 17.3. The molecule has 0 radical (unpaired) electrons. The fourth-order valence-electron chi connectivity index (χ4n) is 2.60. The van der Waals surface area contributed by atoms with Crippen LogP contribution < -0.4 is 21.3 Å². The number of nitrogens with two attached hydrogens (primary N) is 1.